The Morgan fingerprint density at radius 3 is 2.76 bits per heavy atom. The van der Waals surface area contributed by atoms with Gasteiger partial charge >= 0.3 is 0 Å². The number of nitrogens with zero attached hydrogens (tertiary/aromatic N) is 2. The third kappa shape index (κ3) is 2.28. The van der Waals surface area contributed by atoms with Crippen LogP contribution in [0.2, 0.25) is 0 Å². The molecule has 0 unspecified atom stereocenters. The van der Waals surface area contributed by atoms with Gasteiger partial charge in [-0.25, -0.2) is 0 Å². The number of rotatable bonds is 3. The van der Waals surface area contributed by atoms with E-state index in [1.807, 2.05) is 6.07 Å². The molecule has 106 valence electrons. The maximum Gasteiger partial charge on any atom is 0.268 e. The molecule has 1 aliphatic heterocycles. The van der Waals surface area contributed by atoms with Gasteiger partial charge in [0.25, 0.3) is 5.89 Å². The minimum atomic E-state index is 0.400. The van der Waals surface area contributed by atoms with Gasteiger partial charge in [0.2, 0.25) is 0 Å². The van der Waals surface area contributed by atoms with Crippen molar-refractivity contribution in [2.45, 2.75) is 12.8 Å². The normalized spacial score (nSPS) is 15.1. The number of nitrogens with one attached hydrogen (secondary N) is 1. The molecule has 1 N–H and O–H groups in total. The molecule has 0 radical (unpaired) electrons. The van der Waals surface area contributed by atoms with E-state index in [2.05, 4.69) is 52.7 Å². The highest BCUT2D eigenvalue weighted by Crippen LogP contribution is 2.37. The number of hydrogen-bond acceptors (Lipinski definition) is 5. The van der Waals surface area contributed by atoms with Gasteiger partial charge in [-0.05, 0) is 24.1 Å². The Hall–Kier alpha value is -1.98. The molecule has 0 amide bonds. The van der Waals surface area contributed by atoms with Crippen LogP contribution in [0.15, 0.2) is 40.9 Å². The summed E-state index contributed by atoms with van der Waals surface area (Å²) in [6.07, 6.45) is 0. The van der Waals surface area contributed by atoms with Crippen molar-refractivity contribution in [2.75, 3.05) is 13.1 Å². The molecule has 21 heavy (non-hydrogen) atoms. The van der Waals surface area contributed by atoms with Gasteiger partial charge in [0, 0.05) is 23.9 Å². The van der Waals surface area contributed by atoms with Crippen LogP contribution in [0, 0.1) is 6.92 Å². The molecule has 4 rings (SSSR count). The first kappa shape index (κ1) is 12.7. The molecule has 1 aliphatic rings. The first-order valence-corrected chi connectivity index (χ1v) is 7.83. The summed E-state index contributed by atoms with van der Waals surface area (Å²) in [7, 11) is 0. The zero-order valence-corrected chi connectivity index (χ0v) is 12.5. The van der Waals surface area contributed by atoms with E-state index in [1.54, 1.807) is 11.3 Å². The van der Waals surface area contributed by atoms with E-state index in [1.165, 1.54) is 16.0 Å². The van der Waals surface area contributed by atoms with E-state index in [0.29, 0.717) is 11.8 Å². The standard InChI is InChI=1S/C16H15N3OS/c1-10-7-13(21-14(10)11-5-3-2-4-6-11)16-18-15(19-20-16)12-8-17-9-12/h2-7,12,17H,8-9H2,1H3. The second-order valence-corrected chi connectivity index (χ2v) is 6.35. The Kier molecular flexibility index (Phi) is 3.09. The van der Waals surface area contributed by atoms with E-state index < -0.39 is 0 Å². The highest BCUT2D eigenvalue weighted by atomic mass is 32.1. The average Bonchev–Trinajstić information content (AvgIpc) is 3.05. The maximum atomic E-state index is 5.43. The van der Waals surface area contributed by atoms with Gasteiger partial charge in [0.1, 0.15) is 0 Å². The molecular formula is C16H15N3OS. The van der Waals surface area contributed by atoms with Crippen molar-refractivity contribution in [1.82, 2.24) is 15.5 Å². The third-order valence-corrected chi connectivity index (χ3v) is 5.03. The summed E-state index contributed by atoms with van der Waals surface area (Å²) in [5, 5.41) is 7.33. The highest BCUT2D eigenvalue weighted by Gasteiger charge is 2.25. The molecule has 0 saturated carbocycles. The van der Waals surface area contributed by atoms with Crippen molar-refractivity contribution in [1.29, 1.82) is 0 Å². The van der Waals surface area contributed by atoms with E-state index in [9.17, 15) is 0 Å². The average molecular weight is 297 g/mol. The number of hydrogen-bond donors (Lipinski definition) is 1. The Labute approximate surface area is 126 Å². The van der Waals surface area contributed by atoms with Gasteiger partial charge in [-0.1, -0.05) is 35.5 Å². The van der Waals surface area contributed by atoms with Crippen molar-refractivity contribution in [3.8, 4) is 21.2 Å². The van der Waals surface area contributed by atoms with Crippen molar-refractivity contribution < 1.29 is 4.52 Å². The lowest BCUT2D eigenvalue weighted by molar-refractivity contribution is 0.383. The first-order chi connectivity index (χ1) is 10.3. The predicted octanol–water partition coefficient (Wildman–Crippen LogP) is 3.46. The Bertz CT molecular complexity index is 759. The molecule has 3 heterocycles. The molecule has 4 nitrogen and oxygen atoms in total. The van der Waals surface area contributed by atoms with Gasteiger partial charge in [0.15, 0.2) is 5.82 Å². The van der Waals surface area contributed by atoms with Gasteiger partial charge in [0.05, 0.1) is 4.88 Å². The van der Waals surface area contributed by atoms with Crippen LogP contribution in [-0.2, 0) is 0 Å². The van der Waals surface area contributed by atoms with Crippen LogP contribution in [0.4, 0.5) is 0 Å². The van der Waals surface area contributed by atoms with Crippen LogP contribution in [0.3, 0.4) is 0 Å². The van der Waals surface area contributed by atoms with Crippen LogP contribution in [0.1, 0.15) is 17.3 Å². The van der Waals surface area contributed by atoms with Gasteiger partial charge in [-0.3, -0.25) is 0 Å². The topological polar surface area (TPSA) is 51.0 Å². The van der Waals surface area contributed by atoms with Crippen molar-refractivity contribution >= 4 is 11.3 Å². The molecule has 0 bridgehead atoms. The van der Waals surface area contributed by atoms with E-state index >= 15 is 0 Å². The Morgan fingerprint density at radius 1 is 1.24 bits per heavy atom. The SMILES string of the molecule is Cc1cc(-c2nc(C3CNC3)no2)sc1-c1ccccc1. The lowest BCUT2D eigenvalue weighted by atomic mass is 10.0. The fraction of sp³-hybridized carbons (Fsp3) is 0.250. The van der Waals surface area contributed by atoms with Crippen LogP contribution < -0.4 is 5.32 Å². The van der Waals surface area contributed by atoms with E-state index in [4.69, 9.17) is 4.52 Å². The molecular weight excluding hydrogens is 282 g/mol. The van der Waals surface area contributed by atoms with Crippen LogP contribution in [-0.4, -0.2) is 23.2 Å². The van der Waals surface area contributed by atoms with Crippen LogP contribution >= 0.6 is 11.3 Å². The second kappa shape index (κ2) is 5.09. The Morgan fingerprint density at radius 2 is 2.05 bits per heavy atom. The van der Waals surface area contributed by atoms with Crippen LogP contribution in [0.25, 0.3) is 21.2 Å². The lowest BCUT2D eigenvalue weighted by Gasteiger charge is -2.23. The largest absolute Gasteiger partial charge is 0.333 e. The van der Waals surface area contributed by atoms with Crippen molar-refractivity contribution in [2.24, 2.45) is 0 Å². The first-order valence-electron chi connectivity index (χ1n) is 7.02. The van der Waals surface area contributed by atoms with E-state index in [-0.39, 0.29) is 0 Å². The van der Waals surface area contributed by atoms with Gasteiger partial charge < -0.3 is 9.84 Å². The summed E-state index contributed by atoms with van der Waals surface area (Å²) in [5.74, 6) is 1.85. The molecule has 1 aromatic carbocycles. The molecule has 1 fully saturated rings. The third-order valence-electron chi connectivity index (χ3n) is 3.75. The summed E-state index contributed by atoms with van der Waals surface area (Å²) in [5.41, 5.74) is 2.47. The summed E-state index contributed by atoms with van der Waals surface area (Å²) < 4.78 is 5.43. The maximum absolute atomic E-state index is 5.43. The molecule has 1 saturated heterocycles. The number of thiophene rings is 1. The smallest absolute Gasteiger partial charge is 0.268 e. The monoisotopic (exact) mass is 297 g/mol. The predicted molar refractivity (Wildman–Crippen MR) is 83.4 cm³/mol. The molecule has 0 aliphatic carbocycles. The van der Waals surface area contributed by atoms with Crippen molar-refractivity contribution in [3.05, 3.63) is 47.8 Å². The number of benzene rings is 1. The zero-order chi connectivity index (χ0) is 14.2. The second-order valence-electron chi connectivity index (χ2n) is 5.30. The fourth-order valence-corrected chi connectivity index (χ4v) is 3.54. The summed E-state index contributed by atoms with van der Waals surface area (Å²) in [6.45, 7) is 4.00. The summed E-state index contributed by atoms with van der Waals surface area (Å²) in [4.78, 5) is 6.84. The summed E-state index contributed by atoms with van der Waals surface area (Å²) >= 11 is 1.70. The Balaban J connectivity index is 1.68. The quantitative estimate of drug-likeness (QED) is 0.804. The van der Waals surface area contributed by atoms with Crippen molar-refractivity contribution in [3.63, 3.8) is 0 Å². The fourth-order valence-electron chi connectivity index (χ4n) is 2.44. The van der Waals surface area contributed by atoms with Crippen LogP contribution in [0.5, 0.6) is 0 Å². The molecule has 0 spiro atoms. The molecule has 5 heteroatoms. The molecule has 0 atom stereocenters. The lowest BCUT2D eigenvalue weighted by Crippen LogP contribution is -2.40. The molecule has 2 aromatic heterocycles. The zero-order valence-electron chi connectivity index (χ0n) is 11.7. The van der Waals surface area contributed by atoms with Gasteiger partial charge in [-0.2, -0.15) is 4.98 Å². The minimum absolute atomic E-state index is 0.400. The van der Waals surface area contributed by atoms with Gasteiger partial charge in [-0.15, -0.1) is 11.3 Å². The number of aromatic nitrogens is 2. The van der Waals surface area contributed by atoms with E-state index in [0.717, 1.165) is 23.8 Å². The molecule has 3 aromatic rings. The number of aryl methyl sites for hydroxylation is 1. The summed E-state index contributed by atoms with van der Waals surface area (Å²) in [6, 6.07) is 12.5. The highest BCUT2D eigenvalue weighted by molar-refractivity contribution is 7.19. The minimum Gasteiger partial charge on any atom is -0.333 e.